The normalized spacial score (nSPS) is 20.2. The zero-order valence-corrected chi connectivity index (χ0v) is 14.9. The van der Waals surface area contributed by atoms with E-state index in [4.69, 9.17) is 0 Å². The molecule has 0 aromatic carbocycles. The number of carbonyl (C=O) groups is 2. The summed E-state index contributed by atoms with van der Waals surface area (Å²) in [6, 6.07) is 1.50. The molecule has 1 aliphatic heterocycles. The van der Waals surface area contributed by atoms with Crippen LogP contribution >= 0.6 is 11.3 Å². The molecule has 1 fully saturated rings. The fourth-order valence-electron chi connectivity index (χ4n) is 3.10. The Balaban J connectivity index is 1.73. The molecular weight excluding hydrogens is 340 g/mol. The van der Waals surface area contributed by atoms with Crippen molar-refractivity contribution in [3.8, 4) is 0 Å². The van der Waals surface area contributed by atoms with Crippen molar-refractivity contribution in [2.75, 3.05) is 0 Å². The van der Waals surface area contributed by atoms with Gasteiger partial charge < -0.3 is 15.6 Å². The van der Waals surface area contributed by atoms with E-state index < -0.39 is 0 Å². The maximum atomic E-state index is 12.5. The third-order valence-corrected chi connectivity index (χ3v) is 5.03. The van der Waals surface area contributed by atoms with Crippen LogP contribution in [0.5, 0.6) is 0 Å². The van der Waals surface area contributed by atoms with Crippen molar-refractivity contribution in [3.63, 3.8) is 0 Å². The number of aromatic nitrogens is 2. The second-order valence-corrected chi connectivity index (χ2v) is 6.99. The molecule has 2 atom stereocenters. The van der Waals surface area contributed by atoms with Crippen LogP contribution in [0, 0.1) is 13.8 Å². The summed E-state index contributed by atoms with van der Waals surface area (Å²) in [5.74, 6) is 0.261. The number of rotatable bonds is 4. The first-order valence-electron chi connectivity index (χ1n) is 8.11. The first kappa shape index (κ1) is 17.3. The molecule has 0 unspecified atom stereocenters. The number of aromatic amines is 1. The Hall–Kier alpha value is -2.48. The molecule has 25 heavy (non-hydrogen) atoms. The standard InChI is InChI=1S/C17H20N4O3S/c1-9-12(17(24)19-10(2)18-9)7-15(23)20-13-3-4-14(22)21-16(13)11-5-6-25-8-11/h5-6,8,13,16H,3-4,7H2,1-2H3,(H,20,23)(H,21,22)(H,18,19,24)/t13-,16+/m1/s1. The number of aryl methyl sites for hydroxylation is 2. The van der Waals surface area contributed by atoms with Gasteiger partial charge in [-0.2, -0.15) is 11.3 Å². The van der Waals surface area contributed by atoms with Gasteiger partial charge in [0.1, 0.15) is 5.82 Å². The summed E-state index contributed by atoms with van der Waals surface area (Å²) in [4.78, 5) is 43.1. The van der Waals surface area contributed by atoms with Gasteiger partial charge in [0.25, 0.3) is 5.56 Å². The van der Waals surface area contributed by atoms with Gasteiger partial charge in [-0.25, -0.2) is 4.98 Å². The van der Waals surface area contributed by atoms with E-state index >= 15 is 0 Å². The second kappa shape index (κ2) is 7.18. The summed E-state index contributed by atoms with van der Waals surface area (Å²) in [7, 11) is 0. The molecule has 0 radical (unpaired) electrons. The molecule has 3 N–H and O–H groups in total. The maximum absolute atomic E-state index is 12.5. The van der Waals surface area contributed by atoms with Crippen LogP contribution in [0.1, 0.15) is 41.5 Å². The summed E-state index contributed by atoms with van der Waals surface area (Å²) in [5, 5.41) is 9.81. The Bertz CT molecular complexity index is 844. The van der Waals surface area contributed by atoms with E-state index in [1.165, 1.54) is 0 Å². The van der Waals surface area contributed by atoms with Gasteiger partial charge in [-0.3, -0.25) is 14.4 Å². The number of nitrogens with one attached hydrogen (secondary N) is 3. The lowest BCUT2D eigenvalue weighted by atomic mass is 9.93. The Kier molecular flexibility index (Phi) is 4.98. The zero-order valence-electron chi connectivity index (χ0n) is 14.1. The van der Waals surface area contributed by atoms with Crippen molar-refractivity contribution < 1.29 is 9.59 Å². The van der Waals surface area contributed by atoms with E-state index in [2.05, 4.69) is 20.6 Å². The monoisotopic (exact) mass is 360 g/mol. The van der Waals surface area contributed by atoms with Crippen molar-refractivity contribution in [2.24, 2.45) is 0 Å². The lowest BCUT2D eigenvalue weighted by Gasteiger charge is -2.32. The Morgan fingerprint density at radius 1 is 1.40 bits per heavy atom. The fourth-order valence-corrected chi connectivity index (χ4v) is 3.80. The molecule has 8 heteroatoms. The molecule has 2 aromatic rings. The minimum absolute atomic E-state index is 0.0169. The van der Waals surface area contributed by atoms with Crippen molar-refractivity contribution in [2.45, 2.75) is 45.2 Å². The van der Waals surface area contributed by atoms with Crippen LogP contribution in [0.2, 0.25) is 0 Å². The number of hydrogen-bond donors (Lipinski definition) is 3. The van der Waals surface area contributed by atoms with E-state index in [1.54, 1.807) is 25.2 Å². The highest BCUT2D eigenvalue weighted by Crippen LogP contribution is 2.26. The van der Waals surface area contributed by atoms with Crippen LogP contribution in [0.15, 0.2) is 21.6 Å². The van der Waals surface area contributed by atoms with Crippen LogP contribution in [0.4, 0.5) is 0 Å². The van der Waals surface area contributed by atoms with E-state index in [0.29, 0.717) is 29.9 Å². The minimum Gasteiger partial charge on any atom is -0.351 e. The quantitative estimate of drug-likeness (QED) is 0.760. The number of hydrogen-bond acceptors (Lipinski definition) is 5. The smallest absolute Gasteiger partial charge is 0.254 e. The fraction of sp³-hybridized carbons (Fsp3) is 0.412. The van der Waals surface area contributed by atoms with Crippen LogP contribution in [0.25, 0.3) is 0 Å². The summed E-state index contributed by atoms with van der Waals surface area (Å²) in [6.07, 6.45) is 0.909. The lowest BCUT2D eigenvalue weighted by Crippen LogP contribution is -2.50. The highest BCUT2D eigenvalue weighted by atomic mass is 32.1. The minimum atomic E-state index is -0.286. The molecule has 1 saturated heterocycles. The van der Waals surface area contributed by atoms with Gasteiger partial charge in [0.15, 0.2) is 0 Å². The third kappa shape index (κ3) is 3.96. The van der Waals surface area contributed by atoms with Crippen molar-refractivity contribution >= 4 is 23.2 Å². The van der Waals surface area contributed by atoms with Crippen LogP contribution in [-0.4, -0.2) is 27.8 Å². The summed E-state index contributed by atoms with van der Waals surface area (Å²) >= 11 is 1.55. The molecule has 2 amide bonds. The molecule has 0 bridgehead atoms. The van der Waals surface area contributed by atoms with Crippen molar-refractivity contribution in [1.82, 2.24) is 20.6 Å². The van der Waals surface area contributed by atoms with Crippen LogP contribution in [0.3, 0.4) is 0 Å². The largest absolute Gasteiger partial charge is 0.351 e. The Morgan fingerprint density at radius 3 is 2.88 bits per heavy atom. The molecule has 0 spiro atoms. The van der Waals surface area contributed by atoms with Gasteiger partial charge in [-0.15, -0.1) is 0 Å². The molecule has 0 aliphatic carbocycles. The van der Waals surface area contributed by atoms with Gasteiger partial charge in [-0.1, -0.05) is 0 Å². The molecule has 3 rings (SSSR count). The zero-order chi connectivity index (χ0) is 18.0. The van der Waals surface area contributed by atoms with Gasteiger partial charge in [0.2, 0.25) is 11.8 Å². The van der Waals surface area contributed by atoms with Gasteiger partial charge in [-0.05, 0) is 42.7 Å². The van der Waals surface area contributed by atoms with Crippen LogP contribution in [-0.2, 0) is 16.0 Å². The number of carbonyl (C=O) groups excluding carboxylic acids is 2. The first-order valence-corrected chi connectivity index (χ1v) is 9.05. The van der Waals surface area contributed by atoms with Crippen molar-refractivity contribution in [3.05, 3.63) is 49.8 Å². The van der Waals surface area contributed by atoms with Gasteiger partial charge in [0, 0.05) is 17.7 Å². The number of H-pyrrole nitrogens is 1. The highest BCUT2D eigenvalue weighted by molar-refractivity contribution is 7.08. The van der Waals surface area contributed by atoms with E-state index in [9.17, 15) is 14.4 Å². The van der Waals surface area contributed by atoms with E-state index in [0.717, 1.165) is 5.56 Å². The first-order chi connectivity index (χ1) is 11.9. The molecule has 132 valence electrons. The van der Waals surface area contributed by atoms with E-state index in [1.807, 2.05) is 16.8 Å². The SMILES string of the molecule is Cc1nc(C)c(CC(=O)N[C@@H]2CCC(=O)N[C@H]2c2ccsc2)c(=O)[nH]1. The Morgan fingerprint density at radius 2 is 2.20 bits per heavy atom. The lowest BCUT2D eigenvalue weighted by molar-refractivity contribution is -0.126. The van der Waals surface area contributed by atoms with Crippen LogP contribution < -0.4 is 16.2 Å². The average Bonchev–Trinajstić information content (AvgIpc) is 3.07. The molecule has 2 aromatic heterocycles. The third-order valence-electron chi connectivity index (χ3n) is 4.33. The maximum Gasteiger partial charge on any atom is 0.254 e. The molecular formula is C17H20N4O3S. The van der Waals surface area contributed by atoms with Crippen molar-refractivity contribution in [1.29, 1.82) is 0 Å². The van der Waals surface area contributed by atoms with E-state index in [-0.39, 0.29) is 35.9 Å². The summed E-state index contributed by atoms with van der Waals surface area (Å²) in [5.41, 5.74) is 1.62. The number of amides is 2. The Labute approximate surface area is 148 Å². The number of piperidine rings is 1. The summed E-state index contributed by atoms with van der Waals surface area (Å²) in [6.45, 7) is 3.42. The molecule has 3 heterocycles. The summed E-state index contributed by atoms with van der Waals surface area (Å²) < 4.78 is 0. The predicted octanol–water partition coefficient (Wildman–Crippen LogP) is 1.13. The number of nitrogens with zero attached hydrogens (tertiary/aromatic N) is 1. The van der Waals surface area contributed by atoms with Gasteiger partial charge in [0.05, 0.1) is 18.5 Å². The number of thiophene rings is 1. The molecule has 7 nitrogen and oxygen atoms in total. The second-order valence-electron chi connectivity index (χ2n) is 6.21. The predicted molar refractivity (Wildman–Crippen MR) is 94.4 cm³/mol. The van der Waals surface area contributed by atoms with Gasteiger partial charge >= 0.3 is 0 Å². The highest BCUT2D eigenvalue weighted by Gasteiger charge is 2.31. The topological polar surface area (TPSA) is 104 Å². The average molecular weight is 360 g/mol. The molecule has 0 saturated carbocycles. The molecule has 1 aliphatic rings.